The number of urea groups is 1. The topological polar surface area (TPSA) is 140 Å². The third-order valence-electron chi connectivity index (χ3n) is 3.55. The maximum atomic E-state index is 12.1. The number of carbonyl (C=O) groups is 2. The highest BCUT2D eigenvalue weighted by molar-refractivity contribution is 5.96. The van der Waals surface area contributed by atoms with Crippen molar-refractivity contribution < 1.29 is 14.0 Å². The van der Waals surface area contributed by atoms with Gasteiger partial charge in [0.05, 0.1) is 6.04 Å². The first kappa shape index (κ1) is 17.5. The molecule has 0 aliphatic carbocycles. The molecular weight excluding hydrogens is 312 g/mol. The van der Waals surface area contributed by atoms with Gasteiger partial charge in [0.25, 0.3) is 0 Å². The van der Waals surface area contributed by atoms with Gasteiger partial charge in [-0.3, -0.25) is 4.79 Å². The Balaban J connectivity index is 1.99. The lowest BCUT2D eigenvalue weighted by Crippen LogP contribution is -2.37. The molecule has 0 saturated carbocycles. The molecule has 6 N–H and O–H groups in total. The number of nitrogens with two attached hydrogens (primary N) is 2. The molecule has 0 bridgehead atoms. The van der Waals surface area contributed by atoms with Crippen molar-refractivity contribution in [1.29, 1.82) is 0 Å². The molecule has 1 atom stereocenters. The second kappa shape index (κ2) is 7.60. The van der Waals surface area contributed by atoms with Crippen molar-refractivity contribution in [3.05, 3.63) is 40.2 Å². The number of nitrogens with one attached hydrogen (secondary N) is 2. The minimum Gasteiger partial charge on any atom is -0.423 e. The van der Waals surface area contributed by atoms with Crippen molar-refractivity contribution in [2.24, 2.45) is 11.5 Å². The van der Waals surface area contributed by atoms with E-state index in [1.807, 2.05) is 6.92 Å². The first-order chi connectivity index (χ1) is 11.4. The number of fused-ring (bicyclic) bond motifs is 1. The molecule has 1 aromatic heterocycles. The highest BCUT2D eigenvalue weighted by Gasteiger charge is 2.14. The van der Waals surface area contributed by atoms with Crippen LogP contribution in [-0.2, 0) is 4.79 Å². The number of aryl methyl sites for hydroxylation is 1. The Morgan fingerprint density at radius 1 is 1.29 bits per heavy atom. The molecule has 0 aliphatic rings. The van der Waals surface area contributed by atoms with Crippen LogP contribution >= 0.6 is 0 Å². The molecule has 0 unspecified atom stereocenters. The second-order valence-electron chi connectivity index (χ2n) is 5.49. The molecule has 1 heterocycles. The van der Waals surface area contributed by atoms with Crippen molar-refractivity contribution in [3.63, 3.8) is 0 Å². The molecule has 2 aromatic rings. The number of hydrogen-bond donors (Lipinski definition) is 4. The van der Waals surface area contributed by atoms with Gasteiger partial charge in [0.15, 0.2) is 0 Å². The van der Waals surface area contributed by atoms with Gasteiger partial charge in [-0.2, -0.15) is 0 Å². The summed E-state index contributed by atoms with van der Waals surface area (Å²) in [5, 5.41) is 5.91. The van der Waals surface area contributed by atoms with Gasteiger partial charge in [0.1, 0.15) is 5.58 Å². The Kier molecular flexibility index (Phi) is 5.54. The zero-order chi connectivity index (χ0) is 17.7. The van der Waals surface area contributed by atoms with E-state index < -0.39 is 17.7 Å². The summed E-state index contributed by atoms with van der Waals surface area (Å²) in [4.78, 5) is 34.0. The van der Waals surface area contributed by atoms with E-state index >= 15 is 0 Å². The lowest BCUT2D eigenvalue weighted by atomic mass is 10.1. The quantitative estimate of drug-likeness (QED) is 0.458. The van der Waals surface area contributed by atoms with Gasteiger partial charge < -0.3 is 26.5 Å². The summed E-state index contributed by atoms with van der Waals surface area (Å²) >= 11 is 0. The van der Waals surface area contributed by atoms with Gasteiger partial charge in [-0.15, -0.1) is 0 Å². The van der Waals surface area contributed by atoms with Crippen molar-refractivity contribution in [2.75, 3.05) is 11.9 Å². The number of hydrogen-bond acceptors (Lipinski definition) is 5. The maximum absolute atomic E-state index is 12.1. The van der Waals surface area contributed by atoms with Crippen molar-refractivity contribution in [3.8, 4) is 0 Å². The van der Waals surface area contributed by atoms with Crippen LogP contribution in [0.2, 0.25) is 0 Å². The highest BCUT2D eigenvalue weighted by atomic mass is 16.4. The van der Waals surface area contributed by atoms with E-state index in [1.54, 1.807) is 18.2 Å². The van der Waals surface area contributed by atoms with Gasteiger partial charge in [-0.1, -0.05) is 0 Å². The van der Waals surface area contributed by atoms with E-state index in [1.165, 1.54) is 6.07 Å². The molecule has 8 heteroatoms. The summed E-state index contributed by atoms with van der Waals surface area (Å²) in [6.07, 6.45) is 0.928. The third kappa shape index (κ3) is 4.56. The Labute approximate surface area is 138 Å². The van der Waals surface area contributed by atoms with E-state index in [-0.39, 0.29) is 5.91 Å². The molecule has 0 saturated heterocycles. The average Bonchev–Trinajstić information content (AvgIpc) is 2.50. The molecule has 24 heavy (non-hydrogen) atoms. The maximum Gasteiger partial charge on any atom is 0.336 e. The molecule has 2 rings (SSSR count). The van der Waals surface area contributed by atoms with Crippen LogP contribution < -0.4 is 27.7 Å². The van der Waals surface area contributed by atoms with Crippen LogP contribution in [0, 0.1) is 6.92 Å². The Hall–Kier alpha value is -2.87. The minimum atomic E-state index is -0.722. The van der Waals surface area contributed by atoms with E-state index in [2.05, 4.69) is 10.6 Å². The Bertz CT molecular complexity index is 815. The molecular formula is C16H20N4O4. The molecule has 3 amide bonds. The van der Waals surface area contributed by atoms with Crippen LogP contribution in [-0.4, -0.2) is 24.5 Å². The number of carbonyl (C=O) groups excluding carboxylic acids is 2. The van der Waals surface area contributed by atoms with Gasteiger partial charge in [0, 0.05) is 29.8 Å². The predicted molar refractivity (Wildman–Crippen MR) is 90.6 cm³/mol. The van der Waals surface area contributed by atoms with Gasteiger partial charge in [0.2, 0.25) is 5.91 Å². The zero-order valence-corrected chi connectivity index (χ0v) is 13.3. The molecule has 0 aliphatic heterocycles. The molecule has 1 aromatic carbocycles. The van der Waals surface area contributed by atoms with Crippen LogP contribution in [0.1, 0.15) is 18.4 Å². The SMILES string of the molecule is Cc1cc(=O)oc2cc(NC(=O)[C@H](N)CCCNC(N)=O)ccc12. The number of anilines is 1. The Morgan fingerprint density at radius 2 is 2.04 bits per heavy atom. The number of primary amides is 1. The van der Waals surface area contributed by atoms with Crippen LogP contribution in [0.3, 0.4) is 0 Å². The summed E-state index contributed by atoms with van der Waals surface area (Å²) in [6.45, 7) is 2.17. The van der Waals surface area contributed by atoms with Crippen LogP contribution in [0.4, 0.5) is 10.5 Å². The number of rotatable bonds is 6. The second-order valence-corrected chi connectivity index (χ2v) is 5.49. The fourth-order valence-electron chi connectivity index (χ4n) is 2.30. The lowest BCUT2D eigenvalue weighted by molar-refractivity contribution is -0.117. The van der Waals surface area contributed by atoms with Gasteiger partial charge >= 0.3 is 11.7 Å². The molecule has 0 fully saturated rings. The first-order valence-electron chi connectivity index (χ1n) is 7.51. The van der Waals surface area contributed by atoms with Crippen LogP contribution in [0.5, 0.6) is 0 Å². The monoisotopic (exact) mass is 332 g/mol. The van der Waals surface area contributed by atoms with Crippen LogP contribution in [0.15, 0.2) is 33.5 Å². The largest absolute Gasteiger partial charge is 0.423 e. The summed E-state index contributed by atoms with van der Waals surface area (Å²) in [5.41, 5.74) is 12.0. The van der Waals surface area contributed by atoms with E-state index in [9.17, 15) is 14.4 Å². The molecule has 8 nitrogen and oxygen atoms in total. The standard InChI is InChI=1S/C16H20N4O4/c1-9-7-14(21)24-13-8-10(4-5-11(9)13)20-15(22)12(17)3-2-6-19-16(18)23/h4-5,7-8,12H,2-3,6,17H2,1H3,(H,20,22)(H3,18,19,23)/t12-/m1/s1. The Morgan fingerprint density at radius 3 is 2.75 bits per heavy atom. The summed E-state index contributed by atoms with van der Waals surface area (Å²) in [7, 11) is 0. The van der Waals surface area contributed by atoms with Crippen molar-refractivity contribution >= 4 is 28.6 Å². The third-order valence-corrected chi connectivity index (χ3v) is 3.55. The average molecular weight is 332 g/mol. The smallest absolute Gasteiger partial charge is 0.336 e. The zero-order valence-electron chi connectivity index (χ0n) is 13.3. The molecule has 0 spiro atoms. The number of amides is 3. The van der Waals surface area contributed by atoms with Gasteiger partial charge in [-0.25, -0.2) is 9.59 Å². The summed E-state index contributed by atoms with van der Waals surface area (Å²) < 4.78 is 5.14. The van der Waals surface area contributed by atoms with Gasteiger partial charge in [-0.05, 0) is 37.5 Å². The summed E-state index contributed by atoms with van der Waals surface area (Å²) in [6, 6.07) is 5.15. The summed E-state index contributed by atoms with van der Waals surface area (Å²) in [5.74, 6) is -0.358. The highest BCUT2D eigenvalue weighted by Crippen LogP contribution is 2.20. The van der Waals surface area contributed by atoms with Crippen molar-refractivity contribution in [1.82, 2.24) is 5.32 Å². The minimum absolute atomic E-state index is 0.358. The molecule has 128 valence electrons. The van der Waals surface area contributed by atoms with Crippen molar-refractivity contribution in [2.45, 2.75) is 25.8 Å². The predicted octanol–water partition coefficient (Wildman–Crippen LogP) is 0.816. The molecule has 0 radical (unpaired) electrons. The fourth-order valence-corrected chi connectivity index (χ4v) is 2.30. The van der Waals surface area contributed by atoms with Crippen LogP contribution in [0.25, 0.3) is 11.0 Å². The van der Waals surface area contributed by atoms with E-state index in [0.717, 1.165) is 10.9 Å². The number of benzene rings is 1. The van der Waals surface area contributed by atoms with E-state index in [0.29, 0.717) is 30.7 Å². The normalized spacial score (nSPS) is 11.9. The lowest BCUT2D eigenvalue weighted by Gasteiger charge is -2.12. The first-order valence-corrected chi connectivity index (χ1v) is 7.51. The van der Waals surface area contributed by atoms with E-state index in [4.69, 9.17) is 15.9 Å². The fraction of sp³-hybridized carbons (Fsp3) is 0.312.